The first kappa shape index (κ1) is 25.1. The molecule has 0 spiro atoms. The minimum atomic E-state index is -0.692. The molecular weight excluding hydrogens is 410 g/mol. The van der Waals surface area contributed by atoms with Crippen LogP contribution in [0.4, 0.5) is 0 Å². The number of guanidine groups is 1. The quantitative estimate of drug-likeness (QED) is 0.361. The topological polar surface area (TPSA) is 93.6 Å². The molecular formula is C24H35N3O5. The predicted molar refractivity (Wildman–Crippen MR) is 126 cm³/mol. The number of aliphatic hydroxyl groups excluding tert-OH is 1. The summed E-state index contributed by atoms with van der Waals surface area (Å²) in [6.45, 7) is 7.29. The Morgan fingerprint density at radius 2 is 1.62 bits per heavy atom. The van der Waals surface area contributed by atoms with Crippen LogP contribution in [0.25, 0.3) is 0 Å². The first-order valence-electron chi connectivity index (χ1n) is 10.7. The van der Waals surface area contributed by atoms with E-state index in [9.17, 15) is 5.11 Å². The molecule has 0 amide bonds. The smallest absolute Gasteiger partial charge is 0.203 e. The zero-order chi connectivity index (χ0) is 23.5. The van der Waals surface area contributed by atoms with Crippen molar-refractivity contribution in [2.24, 2.45) is 4.99 Å². The number of hydrogen-bond acceptors (Lipinski definition) is 6. The van der Waals surface area contributed by atoms with Gasteiger partial charge in [0.25, 0.3) is 0 Å². The van der Waals surface area contributed by atoms with E-state index in [1.165, 1.54) is 0 Å². The standard InChI is InChI=1S/C24H35N3O5/c1-7-25-24(26-14-18-10-13-21(29-4)23(31-6)22(18)30-5)27-15-20(28)17-8-11-19(12-9-17)32-16(2)3/h8-13,16,20,28H,7,14-15H2,1-6H3,(H2,25,26,27). The van der Waals surface area contributed by atoms with Gasteiger partial charge in [0.1, 0.15) is 5.75 Å². The molecule has 0 aliphatic heterocycles. The molecule has 8 heteroatoms. The van der Waals surface area contributed by atoms with Crippen LogP contribution in [-0.4, -0.2) is 51.6 Å². The summed E-state index contributed by atoms with van der Waals surface area (Å²) in [6.07, 6.45) is -0.585. The van der Waals surface area contributed by atoms with Crippen LogP contribution in [0.1, 0.15) is 38.0 Å². The number of ether oxygens (including phenoxy) is 4. The summed E-state index contributed by atoms with van der Waals surface area (Å²) in [5.41, 5.74) is 1.65. The van der Waals surface area contributed by atoms with Gasteiger partial charge in [-0.3, -0.25) is 0 Å². The van der Waals surface area contributed by atoms with E-state index in [-0.39, 0.29) is 6.10 Å². The summed E-state index contributed by atoms with van der Waals surface area (Å²) in [5.74, 6) is 3.07. The molecule has 0 aromatic heterocycles. The van der Waals surface area contributed by atoms with E-state index in [0.717, 1.165) is 16.9 Å². The third-order valence-corrected chi connectivity index (χ3v) is 4.64. The van der Waals surface area contributed by atoms with Crippen LogP contribution < -0.4 is 29.6 Å². The lowest BCUT2D eigenvalue weighted by molar-refractivity contribution is 0.180. The SMILES string of the molecule is CCNC(=NCc1ccc(OC)c(OC)c1OC)NCC(O)c1ccc(OC(C)C)cc1. The molecule has 2 rings (SSSR count). The Hall–Kier alpha value is -3.13. The van der Waals surface area contributed by atoms with Crippen molar-refractivity contribution in [2.45, 2.75) is 39.5 Å². The number of nitrogens with zero attached hydrogens (tertiary/aromatic N) is 1. The fraction of sp³-hybridized carbons (Fsp3) is 0.458. The molecule has 32 heavy (non-hydrogen) atoms. The summed E-state index contributed by atoms with van der Waals surface area (Å²) in [4.78, 5) is 4.62. The van der Waals surface area contributed by atoms with Crippen LogP contribution in [0, 0.1) is 0 Å². The maximum absolute atomic E-state index is 10.6. The van der Waals surface area contributed by atoms with Gasteiger partial charge >= 0.3 is 0 Å². The fourth-order valence-corrected chi connectivity index (χ4v) is 3.15. The molecule has 3 N–H and O–H groups in total. The van der Waals surface area contributed by atoms with Crippen molar-refractivity contribution in [1.29, 1.82) is 0 Å². The van der Waals surface area contributed by atoms with Gasteiger partial charge in [-0.2, -0.15) is 0 Å². The second kappa shape index (κ2) is 12.7. The predicted octanol–water partition coefficient (Wildman–Crippen LogP) is 3.29. The Bertz CT molecular complexity index is 869. The molecule has 0 saturated heterocycles. The van der Waals surface area contributed by atoms with E-state index in [4.69, 9.17) is 18.9 Å². The molecule has 0 aliphatic carbocycles. The summed E-state index contributed by atoms with van der Waals surface area (Å²) in [5, 5.41) is 16.9. The minimum Gasteiger partial charge on any atom is -0.493 e. The van der Waals surface area contributed by atoms with Crippen molar-refractivity contribution in [2.75, 3.05) is 34.4 Å². The summed E-state index contributed by atoms with van der Waals surface area (Å²) in [6, 6.07) is 11.2. The largest absolute Gasteiger partial charge is 0.493 e. The van der Waals surface area contributed by atoms with Crippen LogP contribution in [-0.2, 0) is 6.54 Å². The average Bonchev–Trinajstić information content (AvgIpc) is 2.79. The molecule has 0 heterocycles. The van der Waals surface area contributed by atoms with Gasteiger partial charge in [0, 0.05) is 18.7 Å². The maximum atomic E-state index is 10.6. The van der Waals surface area contributed by atoms with Crippen molar-refractivity contribution in [1.82, 2.24) is 10.6 Å². The lowest BCUT2D eigenvalue weighted by Gasteiger charge is -2.17. The van der Waals surface area contributed by atoms with Gasteiger partial charge in [-0.1, -0.05) is 12.1 Å². The summed E-state index contributed by atoms with van der Waals surface area (Å²) >= 11 is 0. The van der Waals surface area contributed by atoms with E-state index >= 15 is 0 Å². The Labute approximate surface area is 190 Å². The third kappa shape index (κ3) is 6.95. The highest BCUT2D eigenvalue weighted by Crippen LogP contribution is 2.39. The Kier molecular flexibility index (Phi) is 9.94. The van der Waals surface area contributed by atoms with Gasteiger partial charge in [-0.15, -0.1) is 0 Å². The van der Waals surface area contributed by atoms with Gasteiger partial charge in [-0.05, 0) is 50.6 Å². The number of benzene rings is 2. The summed E-state index contributed by atoms with van der Waals surface area (Å²) < 4.78 is 21.9. The van der Waals surface area contributed by atoms with E-state index in [1.807, 2.05) is 57.2 Å². The number of rotatable bonds is 11. The highest BCUT2D eigenvalue weighted by molar-refractivity contribution is 5.79. The molecule has 0 aliphatic rings. The number of methoxy groups -OCH3 is 3. The third-order valence-electron chi connectivity index (χ3n) is 4.64. The fourth-order valence-electron chi connectivity index (χ4n) is 3.15. The van der Waals surface area contributed by atoms with Crippen LogP contribution in [0.3, 0.4) is 0 Å². The van der Waals surface area contributed by atoms with Gasteiger partial charge in [0.2, 0.25) is 5.75 Å². The number of aliphatic imine (C=N–C) groups is 1. The molecule has 0 radical (unpaired) electrons. The monoisotopic (exact) mass is 445 g/mol. The van der Waals surface area contributed by atoms with Crippen LogP contribution in [0.15, 0.2) is 41.4 Å². The first-order chi connectivity index (χ1) is 15.4. The van der Waals surface area contributed by atoms with Crippen molar-refractivity contribution in [3.05, 3.63) is 47.5 Å². The molecule has 1 atom stereocenters. The van der Waals surface area contributed by atoms with Crippen molar-refractivity contribution >= 4 is 5.96 Å². The number of aliphatic hydroxyl groups is 1. The molecule has 8 nitrogen and oxygen atoms in total. The second-order valence-electron chi connectivity index (χ2n) is 7.32. The Morgan fingerprint density at radius 1 is 0.938 bits per heavy atom. The summed E-state index contributed by atoms with van der Waals surface area (Å²) in [7, 11) is 4.74. The zero-order valence-electron chi connectivity index (χ0n) is 19.8. The molecule has 0 bridgehead atoms. The molecule has 0 fully saturated rings. The van der Waals surface area contributed by atoms with E-state index < -0.39 is 6.10 Å². The minimum absolute atomic E-state index is 0.107. The Morgan fingerprint density at radius 3 is 2.19 bits per heavy atom. The highest BCUT2D eigenvalue weighted by Gasteiger charge is 2.16. The number of hydrogen-bond donors (Lipinski definition) is 3. The van der Waals surface area contributed by atoms with Gasteiger partial charge in [0.15, 0.2) is 17.5 Å². The van der Waals surface area contributed by atoms with Gasteiger partial charge in [0.05, 0.1) is 40.1 Å². The van der Waals surface area contributed by atoms with Crippen molar-refractivity contribution in [3.8, 4) is 23.0 Å². The van der Waals surface area contributed by atoms with Crippen LogP contribution in [0.2, 0.25) is 0 Å². The zero-order valence-corrected chi connectivity index (χ0v) is 19.8. The molecule has 0 saturated carbocycles. The lowest BCUT2D eigenvalue weighted by Crippen LogP contribution is -2.39. The molecule has 1 unspecified atom stereocenters. The van der Waals surface area contributed by atoms with Crippen molar-refractivity contribution in [3.63, 3.8) is 0 Å². The van der Waals surface area contributed by atoms with Crippen LogP contribution in [0.5, 0.6) is 23.0 Å². The highest BCUT2D eigenvalue weighted by atomic mass is 16.5. The first-order valence-corrected chi connectivity index (χ1v) is 10.7. The molecule has 176 valence electrons. The van der Waals surface area contributed by atoms with E-state index in [2.05, 4.69) is 15.6 Å². The van der Waals surface area contributed by atoms with Gasteiger partial charge < -0.3 is 34.7 Å². The maximum Gasteiger partial charge on any atom is 0.203 e. The van der Waals surface area contributed by atoms with Gasteiger partial charge in [-0.25, -0.2) is 4.99 Å². The number of nitrogens with one attached hydrogen (secondary N) is 2. The average molecular weight is 446 g/mol. The van der Waals surface area contributed by atoms with E-state index in [0.29, 0.717) is 42.8 Å². The molecule has 2 aromatic carbocycles. The normalized spacial score (nSPS) is 12.3. The molecule has 2 aromatic rings. The second-order valence-corrected chi connectivity index (χ2v) is 7.32. The lowest BCUT2D eigenvalue weighted by atomic mass is 10.1. The van der Waals surface area contributed by atoms with Crippen LogP contribution >= 0.6 is 0 Å². The van der Waals surface area contributed by atoms with E-state index in [1.54, 1.807) is 21.3 Å². The Balaban J connectivity index is 2.07. The van der Waals surface area contributed by atoms with Crippen molar-refractivity contribution < 1.29 is 24.1 Å².